The van der Waals surface area contributed by atoms with Gasteiger partial charge in [-0.2, -0.15) is 13.2 Å². The van der Waals surface area contributed by atoms with Crippen LogP contribution < -0.4 is 5.32 Å². The van der Waals surface area contributed by atoms with Crippen molar-refractivity contribution < 1.29 is 17.6 Å². The molecule has 1 nitrogen and oxygen atoms in total. The van der Waals surface area contributed by atoms with Gasteiger partial charge in [-0.15, -0.1) is 0 Å². The molecule has 0 aromatic heterocycles. The lowest BCUT2D eigenvalue weighted by atomic mass is 9.87. The Morgan fingerprint density at radius 2 is 1.65 bits per heavy atom. The lowest BCUT2D eigenvalue weighted by molar-refractivity contribution is -0.137. The van der Waals surface area contributed by atoms with Crippen LogP contribution in [0.25, 0.3) is 11.1 Å². The van der Waals surface area contributed by atoms with E-state index in [0.717, 1.165) is 32.0 Å². The van der Waals surface area contributed by atoms with Gasteiger partial charge in [-0.05, 0) is 72.8 Å². The van der Waals surface area contributed by atoms with Crippen molar-refractivity contribution in [3.05, 3.63) is 59.4 Å². The summed E-state index contributed by atoms with van der Waals surface area (Å²) in [6.45, 7) is 1.60. The Kier molecular flexibility index (Phi) is 4.39. The molecule has 122 valence electrons. The van der Waals surface area contributed by atoms with E-state index in [2.05, 4.69) is 5.32 Å². The summed E-state index contributed by atoms with van der Waals surface area (Å²) >= 11 is 0. The highest BCUT2D eigenvalue weighted by atomic mass is 19.4. The summed E-state index contributed by atoms with van der Waals surface area (Å²) in [6, 6.07) is 9.78. The average molecular weight is 323 g/mol. The van der Waals surface area contributed by atoms with Gasteiger partial charge in [0.05, 0.1) is 5.56 Å². The lowest BCUT2D eigenvalue weighted by Gasteiger charge is -2.24. The van der Waals surface area contributed by atoms with Gasteiger partial charge in [0.1, 0.15) is 5.82 Å². The minimum atomic E-state index is -4.41. The summed E-state index contributed by atoms with van der Waals surface area (Å²) in [5.41, 5.74) is 0.882. The van der Waals surface area contributed by atoms with Gasteiger partial charge in [0.15, 0.2) is 0 Å². The third-order valence-electron chi connectivity index (χ3n) is 4.25. The molecule has 0 unspecified atom stereocenters. The summed E-state index contributed by atoms with van der Waals surface area (Å²) in [6.07, 6.45) is -2.79. The Bertz CT molecular complexity index is 688. The third kappa shape index (κ3) is 3.72. The third-order valence-corrected chi connectivity index (χ3v) is 4.25. The van der Waals surface area contributed by atoms with E-state index >= 15 is 0 Å². The molecule has 1 fully saturated rings. The molecule has 3 rings (SSSR count). The van der Waals surface area contributed by atoms with Crippen molar-refractivity contribution in [2.75, 3.05) is 13.1 Å². The molecule has 5 heteroatoms. The zero-order valence-electron chi connectivity index (χ0n) is 12.5. The molecular weight excluding hydrogens is 306 g/mol. The van der Waals surface area contributed by atoms with Crippen LogP contribution in [0.2, 0.25) is 0 Å². The van der Waals surface area contributed by atoms with E-state index < -0.39 is 17.6 Å². The van der Waals surface area contributed by atoms with E-state index in [0.29, 0.717) is 16.7 Å². The van der Waals surface area contributed by atoms with Crippen molar-refractivity contribution in [3.8, 4) is 11.1 Å². The second kappa shape index (κ2) is 6.32. The largest absolute Gasteiger partial charge is 0.416 e. The van der Waals surface area contributed by atoms with Crippen LogP contribution in [0.4, 0.5) is 17.6 Å². The highest BCUT2D eigenvalue weighted by Gasteiger charge is 2.32. The number of nitrogens with one attached hydrogen (secondary N) is 1. The van der Waals surface area contributed by atoms with Gasteiger partial charge in [-0.3, -0.25) is 0 Å². The predicted molar refractivity (Wildman–Crippen MR) is 81.7 cm³/mol. The monoisotopic (exact) mass is 323 g/mol. The second-order valence-corrected chi connectivity index (χ2v) is 5.88. The molecule has 2 aromatic carbocycles. The van der Waals surface area contributed by atoms with E-state index in [-0.39, 0.29) is 5.92 Å². The molecule has 0 atom stereocenters. The Morgan fingerprint density at radius 1 is 0.913 bits per heavy atom. The molecule has 2 aromatic rings. The van der Waals surface area contributed by atoms with Gasteiger partial charge >= 0.3 is 6.18 Å². The first-order valence-corrected chi connectivity index (χ1v) is 7.62. The zero-order chi connectivity index (χ0) is 16.4. The first-order valence-electron chi connectivity index (χ1n) is 7.62. The molecule has 0 radical (unpaired) electrons. The van der Waals surface area contributed by atoms with E-state index in [4.69, 9.17) is 0 Å². The van der Waals surface area contributed by atoms with Gasteiger partial charge in [-0.25, -0.2) is 4.39 Å². The fraction of sp³-hybridized carbons (Fsp3) is 0.333. The maximum atomic E-state index is 13.4. The van der Waals surface area contributed by atoms with Gasteiger partial charge in [-0.1, -0.05) is 18.2 Å². The smallest absolute Gasteiger partial charge is 0.317 e. The maximum absolute atomic E-state index is 13.4. The molecule has 23 heavy (non-hydrogen) atoms. The number of rotatable bonds is 2. The van der Waals surface area contributed by atoms with Gasteiger partial charge in [0, 0.05) is 0 Å². The average Bonchev–Trinajstić information content (AvgIpc) is 2.54. The van der Waals surface area contributed by atoms with E-state index in [1.807, 2.05) is 0 Å². The summed E-state index contributed by atoms with van der Waals surface area (Å²) < 4.78 is 53.1. The number of alkyl halides is 3. The summed E-state index contributed by atoms with van der Waals surface area (Å²) in [4.78, 5) is 0. The molecule has 0 bridgehead atoms. The molecule has 0 spiro atoms. The quantitative estimate of drug-likeness (QED) is 0.769. The molecule has 1 aliphatic rings. The maximum Gasteiger partial charge on any atom is 0.416 e. The van der Waals surface area contributed by atoms with Crippen LogP contribution >= 0.6 is 0 Å². The van der Waals surface area contributed by atoms with Crippen molar-refractivity contribution in [2.45, 2.75) is 24.9 Å². The zero-order valence-corrected chi connectivity index (χ0v) is 12.5. The Labute approximate surface area is 132 Å². The van der Waals surface area contributed by atoms with Crippen LogP contribution in [0.1, 0.15) is 29.9 Å². The summed E-state index contributed by atoms with van der Waals surface area (Å²) in [5, 5.41) is 3.21. The fourth-order valence-electron chi connectivity index (χ4n) is 3.04. The SMILES string of the molecule is Fc1cccc(-c2cc(C3CCNCC3)cc(C(F)(F)F)c2)c1. The Balaban J connectivity index is 2.08. The predicted octanol–water partition coefficient (Wildman–Crippen LogP) is 4.98. The fourth-order valence-corrected chi connectivity index (χ4v) is 3.04. The van der Waals surface area contributed by atoms with Gasteiger partial charge < -0.3 is 5.32 Å². The minimum Gasteiger partial charge on any atom is -0.317 e. The first-order chi connectivity index (χ1) is 10.9. The molecular formula is C18H17F4N. The molecule has 1 saturated heterocycles. The van der Waals surface area contributed by atoms with Crippen molar-refractivity contribution >= 4 is 0 Å². The normalized spacial score (nSPS) is 16.5. The van der Waals surface area contributed by atoms with Crippen LogP contribution in [0.5, 0.6) is 0 Å². The van der Waals surface area contributed by atoms with Crippen molar-refractivity contribution in [3.63, 3.8) is 0 Å². The molecule has 0 saturated carbocycles. The first kappa shape index (κ1) is 16.0. The number of halogens is 4. The van der Waals surface area contributed by atoms with Crippen LogP contribution in [0, 0.1) is 5.82 Å². The molecule has 1 aliphatic heterocycles. The molecule has 0 amide bonds. The minimum absolute atomic E-state index is 0.103. The van der Waals surface area contributed by atoms with E-state index in [1.165, 1.54) is 24.3 Å². The number of piperidine rings is 1. The van der Waals surface area contributed by atoms with Gasteiger partial charge in [0.2, 0.25) is 0 Å². The highest BCUT2D eigenvalue weighted by molar-refractivity contribution is 5.65. The second-order valence-electron chi connectivity index (χ2n) is 5.88. The number of hydrogen-bond acceptors (Lipinski definition) is 1. The van der Waals surface area contributed by atoms with E-state index in [1.54, 1.807) is 12.1 Å². The van der Waals surface area contributed by atoms with Crippen LogP contribution in [-0.2, 0) is 6.18 Å². The lowest BCUT2D eigenvalue weighted by Crippen LogP contribution is -2.26. The number of hydrogen-bond donors (Lipinski definition) is 1. The topological polar surface area (TPSA) is 12.0 Å². The molecule has 1 N–H and O–H groups in total. The molecule has 1 heterocycles. The van der Waals surface area contributed by atoms with Crippen molar-refractivity contribution in [1.29, 1.82) is 0 Å². The Hall–Kier alpha value is -1.88. The Morgan fingerprint density at radius 3 is 2.30 bits per heavy atom. The summed E-state index contributed by atoms with van der Waals surface area (Å²) in [7, 11) is 0. The standard InChI is InChI=1S/C18H17F4N/c19-17-3-1-2-13(11-17)15-8-14(12-4-6-23-7-5-12)9-16(10-15)18(20,21)22/h1-3,8-12,23H,4-7H2. The number of benzene rings is 2. The van der Waals surface area contributed by atoms with Crippen LogP contribution in [-0.4, -0.2) is 13.1 Å². The van der Waals surface area contributed by atoms with E-state index in [9.17, 15) is 17.6 Å². The highest BCUT2D eigenvalue weighted by Crippen LogP contribution is 2.37. The van der Waals surface area contributed by atoms with Crippen molar-refractivity contribution in [2.24, 2.45) is 0 Å². The summed E-state index contributed by atoms with van der Waals surface area (Å²) in [5.74, 6) is -0.353. The van der Waals surface area contributed by atoms with Gasteiger partial charge in [0.25, 0.3) is 0 Å². The van der Waals surface area contributed by atoms with Crippen molar-refractivity contribution in [1.82, 2.24) is 5.32 Å². The van der Waals surface area contributed by atoms with Crippen LogP contribution in [0.15, 0.2) is 42.5 Å². The molecule has 0 aliphatic carbocycles. The van der Waals surface area contributed by atoms with Crippen LogP contribution in [0.3, 0.4) is 0 Å².